The van der Waals surface area contributed by atoms with E-state index in [-0.39, 0.29) is 31.7 Å². The Bertz CT molecular complexity index is 605. The number of nitrogens with one attached hydrogen (secondary N) is 1. The number of amides is 2. The summed E-state index contributed by atoms with van der Waals surface area (Å²) in [5, 5.41) is 2.76. The predicted molar refractivity (Wildman–Crippen MR) is 83.1 cm³/mol. The summed E-state index contributed by atoms with van der Waals surface area (Å²) in [5.41, 5.74) is 1.00. The van der Waals surface area contributed by atoms with Gasteiger partial charge in [-0.1, -0.05) is 6.07 Å². The van der Waals surface area contributed by atoms with Crippen molar-refractivity contribution in [1.29, 1.82) is 0 Å². The van der Waals surface area contributed by atoms with Gasteiger partial charge < -0.3 is 19.7 Å². The van der Waals surface area contributed by atoms with Crippen LogP contribution < -0.4 is 14.8 Å². The van der Waals surface area contributed by atoms with Crippen molar-refractivity contribution < 1.29 is 19.1 Å². The molecule has 3 rings (SSSR count). The number of fused-ring (bicyclic) bond motifs is 1. The van der Waals surface area contributed by atoms with Gasteiger partial charge >= 0.3 is 0 Å². The molecule has 1 saturated heterocycles. The zero-order valence-corrected chi connectivity index (χ0v) is 13.2. The number of nitrogens with zero attached hydrogens (tertiary/aromatic N) is 2. The second kappa shape index (κ2) is 6.87. The number of carbonyl (C=O) groups excluding carboxylic acids is 2. The summed E-state index contributed by atoms with van der Waals surface area (Å²) >= 11 is 0. The molecule has 2 heterocycles. The van der Waals surface area contributed by atoms with Gasteiger partial charge in [0.25, 0.3) is 0 Å². The fraction of sp³-hybridized carbons (Fsp3) is 0.500. The molecule has 23 heavy (non-hydrogen) atoms. The maximum Gasteiger partial charge on any atom is 0.237 e. The van der Waals surface area contributed by atoms with E-state index in [0.717, 1.165) is 17.1 Å². The van der Waals surface area contributed by atoms with Gasteiger partial charge in [-0.2, -0.15) is 0 Å². The average Bonchev–Trinajstić information content (AvgIpc) is 3.00. The fourth-order valence-corrected chi connectivity index (χ4v) is 2.75. The molecule has 1 fully saturated rings. The summed E-state index contributed by atoms with van der Waals surface area (Å²) in [6.45, 7) is 5.19. The lowest BCUT2D eigenvalue weighted by atomic mass is 10.2. The van der Waals surface area contributed by atoms with Crippen LogP contribution >= 0.6 is 0 Å². The lowest BCUT2D eigenvalue weighted by Crippen LogP contribution is -2.51. The monoisotopic (exact) mass is 319 g/mol. The third kappa shape index (κ3) is 3.73. The van der Waals surface area contributed by atoms with Crippen LogP contribution in [-0.2, 0) is 16.1 Å². The molecule has 0 atom stereocenters. The minimum Gasteiger partial charge on any atom is -0.454 e. The van der Waals surface area contributed by atoms with Crippen molar-refractivity contribution in [3.05, 3.63) is 23.8 Å². The van der Waals surface area contributed by atoms with Crippen LogP contribution in [0.25, 0.3) is 0 Å². The van der Waals surface area contributed by atoms with Gasteiger partial charge in [0.2, 0.25) is 18.6 Å². The van der Waals surface area contributed by atoms with Crippen molar-refractivity contribution in [3.8, 4) is 11.5 Å². The number of hydrogen-bond acceptors (Lipinski definition) is 5. The molecule has 0 bridgehead atoms. The quantitative estimate of drug-likeness (QED) is 0.839. The summed E-state index contributed by atoms with van der Waals surface area (Å²) in [6.07, 6.45) is 0. The first-order valence-corrected chi connectivity index (χ1v) is 7.81. The molecule has 0 aromatic heterocycles. The topological polar surface area (TPSA) is 71.1 Å². The van der Waals surface area contributed by atoms with E-state index in [0.29, 0.717) is 26.2 Å². The Hall–Kier alpha value is -2.28. The highest BCUT2D eigenvalue weighted by Gasteiger charge is 2.22. The predicted octanol–water partition coefficient (Wildman–Crippen LogP) is 0.196. The SMILES string of the molecule is CCN(Cc1ccc2c(c1)OCO2)C(=O)CN1CCNC(=O)C1. The lowest BCUT2D eigenvalue weighted by Gasteiger charge is -2.29. The van der Waals surface area contributed by atoms with E-state index in [1.165, 1.54) is 0 Å². The molecule has 0 radical (unpaired) electrons. The first-order chi connectivity index (χ1) is 11.2. The number of likely N-dealkylation sites (N-methyl/N-ethyl adjacent to an activating group) is 1. The van der Waals surface area contributed by atoms with Crippen LogP contribution in [-0.4, -0.2) is 61.1 Å². The molecule has 0 spiro atoms. The molecule has 0 saturated carbocycles. The number of hydrogen-bond donors (Lipinski definition) is 1. The number of piperazine rings is 1. The van der Waals surface area contributed by atoms with E-state index < -0.39 is 0 Å². The highest BCUT2D eigenvalue weighted by molar-refractivity contribution is 5.81. The van der Waals surface area contributed by atoms with Crippen LogP contribution in [0.2, 0.25) is 0 Å². The Balaban J connectivity index is 1.60. The number of carbonyl (C=O) groups is 2. The van der Waals surface area contributed by atoms with Crippen molar-refractivity contribution in [2.24, 2.45) is 0 Å². The summed E-state index contributed by atoms with van der Waals surface area (Å²) in [6, 6.07) is 5.72. The molecule has 7 nitrogen and oxygen atoms in total. The maximum atomic E-state index is 12.5. The first-order valence-electron chi connectivity index (χ1n) is 7.81. The Kier molecular flexibility index (Phi) is 4.66. The zero-order chi connectivity index (χ0) is 16.2. The van der Waals surface area contributed by atoms with Gasteiger partial charge in [0, 0.05) is 26.2 Å². The molecule has 7 heteroatoms. The second-order valence-electron chi connectivity index (χ2n) is 5.66. The number of ether oxygens (including phenoxy) is 2. The van der Waals surface area contributed by atoms with Crippen LogP contribution in [0.1, 0.15) is 12.5 Å². The molecule has 2 aliphatic rings. The molecule has 0 unspecified atom stereocenters. The molecule has 1 aromatic carbocycles. The van der Waals surface area contributed by atoms with Crippen molar-refractivity contribution >= 4 is 11.8 Å². The molecule has 2 amide bonds. The molecule has 1 aromatic rings. The van der Waals surface area contributed by atoms with E-state index in [4.69, 9.17) is 9.47 Å². The molecule has 2 aliphatic heterocycles. The summed E-state index contributed by atoms with van der Waals surface area (Å²) in [4.78, 5) is 27.5. The van der Waals surface area contributed by atoms with E-state index in [2.05, 4.69) is 5.32 Å². The van der Waals surface area contributed by atoms with Crippen LogP contribution in [0.15, 0.2) is 18.2 Å². The van der Waals surface area contributed by atoms with E-state index in [1.807, 2.05) is 30.0 Å². The first kappa shape index (κ1) is 15.6. The summed E-state index contributed by atoms with van der Waals surface area (Å²) < 4.78 is 10.7. The normalized spacial score (nSPS) is 17.0. The minimum absolute atomic E-state index is 0.0251. The van der Waals surface area contributed by atoms with Crippen LogP contribution in [0.3, 0.4) is 0 Å². The Morgan fingerprint density at radius 3 is 2.96 bits per heavy atom. The van der Waals surface area contributed by atoms with Crippen molar-refractivity contribution in [2.75, 3.05) is 39.5 Å². The summed E-state index contributed by atoms with van der Waals surface area (Å²) in [7, 11) is 0. The van der Waals surface area contributed by atoms with Gasteiger partial charge in [0.05, 0.1) is 13.1 Å². The van der Waals surface area contributed by atoms with Crippen LogP contribution in [0.4, 0.5) is 0 Å². The maximum absolute atomic E-state index is 12.5. The molecule has 0 aliphatic carbocycles. The lowest BCUT2D eigenvalue weighted by molar-refractivity contribution is -0.134. The Labute approximate surface area is 135 Å². The van der Waals surface area contributed by atoms with Gasteiger partial charge in [0.1, 0.15) is 0 Å². The van der Waals surface area contributed by atoms with Crippen LogP contribution in [0.5, 0.6) is 11.5 Å². The largest absolute Gasteiger partial charge is 0.454 e. The highest BCUT2D eigenvalue weighted by atomic mass is 16.7. The van der Waals surface area contributed by atoms with Gasteiger partial charge in [0.15, 0.2) is 11.5 Å². The molecular weight excluding hydrogens is 298 g/mol. The highest BCUT2D eigenvalue weighted by Crippen LogP contribution is 2.32. The third-order valence-corrected chi connectivity index (χ3v) is 4.02. The Morgan fingerprint density at radius 2 is 2.17 bits per heavy atom. The van der Waals surface area contributed by atoms with Gasteiger partial charge in [-0.05, 0) is 24.6 Å². The standard InChI is InChI=1S/C16H21N3O4/c1-2-19(16(21)10-18-6-5-17-15(20)9-18)8-12-3-4-13-14(7-12)23-11-22-13/h3-4,7H,2,5-6,8-11H2,1H3,(H,17,20). The van der Waals surface area contributed by atoms with E-state index in [1.54, 1.807) is 4.90 Å². The summed E-state index contributed by atoms with van der Waals surface area (Å²) in [5.74, 6) is 1.46. The van der Waals surface area contributed by atoms with Crippen LogP contribution in [0, 0.1) is 0 Å². The Morgan fingerprint density at radius 1 is 1.35 bits per heavy atom. The third-order valence-electron chi connectivity index (χ3n) is 4.02. The molecular formula is C16H21N3O4. The minimum atomic E-state index is -0.0251. The fourth-order valence-electron chi connectivity index (χ4n) is 2.75. The van der Waals surface area contributed by atoms with Crippen molar-refractivity contribution in [2.45, 2.75) is 13.5 Å². The average molecular weight is 319 g/mol. The smallest absolute Gasteiger partial charge is 0.237 e. The van der Waals surface area contributed by atoms with Gasteiger partial charge in [-0.3, -0.25) is 14.5 Å². The van der Waals surface area contributed by atoms with Gasteiger partial charge in [-0.15, -0.1) is 0 Å². The van der Waals surface area contributed by atoms with E-state index >= 15 is 0 Å². The van der Waals surface area contributed by atoms with Crippen molar-refractivity contribution in [3.63, 3.8) is 0 Å². The van der Waals surface area contributed by atoms with Crippen molar-refractivity contribution in [1.82, 2.24) is 15.1 Å². The molecule has 124 valence electrons. The molecule has 1 N–H and O–H groups in total. The van der Waals surface area contributed by atoms with E-state index in [9.17, 15) is 9.59 Å². The number of rotatable bonds is 5. The number of benzene rings is 1. The zero-order valence-electron chi connectivity index (χ0n) is 13.2. The second-order valence-corrected chi connectivity index (χ2v) is 5.66. The van der Waals surface area contributed by atoms with Gasteiger partial charge in [-0.25, -0.2) is 0 Å².